The molecule has 8 heterocycles. The first-order valence-corrected chi connectivity index (χ1v) is 42.7. The Morgan fingerprint density at radius 2 is 0.805 bits per heavy atom. The average Bonchev–Trinajstić information content (AvgIpc) is 1.59. The Hall–Kier alpha value is -12.0. The molecule has 16 rings (SSSR count). The monoisotopic (exact) mass is 1790 g/mol. The van der Waals surface area contributed by atoms with Crippen LogP contribution in [0.3, 0.4) is 0 Å². The number of sulfonamides is 2. The van der Waals surface area contributed by atoms with Gasteiger partial charge in [-0.1, -0.05) is 208 Å². The standard InChI is InChI=1S/C19H17N5O3S.C18H14N4O2.C16H13NO3.C10H12N4.C10H10N2O4S.C2H3N3.3CH4.I2/c25-17(19-21-15-8-4-5-9-18(15)28(26,27)22-19)11-10-16(24-13-12-20-23-24)14-6-2-1-3-7-14;23-17-14-8-4-5-9-15(14)18(24)21(17)12-16(22-11-10-19-20-22)13-6-2-1-3-7-13;18-14(11-6-2-1-3-7-11)10-17-15(19)12-8-4-5-9-13(12)16(17)20;11-8-10(14-7-6-12-13-14)9-4-2-1-3-5-9;1-2-16-10(13)9-11-7-5-3-4-6-8(7)17(14,15)12-9;1-2-4-5-3-1;;;;1-2/h1-9,12-13,16H,10-11H2,(H,21,22);1-11,16H,12H2;1-9,14,18H,10H2;1-7,10H,8,11H2;3-6H,2H2,1H3,(H,11,12);1-2H,(H,3,4,5);3*1H4;. The van der Waals surface area contributed by atoms with Gasteiger partial charge in [-0.3, -0.25) is 33.8 Å². The number of aromatic nitrogens is 12. The lowest BCUT2D eigenvalue weighted by Gasteiger charge is -2.23. The van der Waals surface area contributed by atoms with E-state index in [4.69, 9.17) is 10.5 Å². The fraction of sp³-hybridized carbons (Fsp3) is 0.179. The van der Waals surface area contributed by atoms with Crippen LogP contribution in [-0.2, 0) is 34.4 Å². The van der Waals surface area contributed by atoms with E-state index in [0.717, 1.165) is 21.6 Å². The number of carbonyl (C=O) groups excluding carboxylic acids is 6. The number of carbonyl (C=O) groups is 6. The van der Waals surface area contributed by atoms with E-state index in [1.807, 2.05) is 103 Å². The Balaban J connectivity index is 0.000000193. The number of nitrogens with one attached hydrogen (secondary N) is 3. The zero-order valence-corrected chi connectivity index (χ0v) is 64.2. The van der Waals surface area contributed by atoms with Crippen molar-refractivity contribution in [3.63, 3.8) is 0 Å². The molecular formula is C78H81I2N19O12S2. The highest BCUT2D eigenvalue weighted by Crippen LogP contribution is 2.32. The van der Waals surface area contributed by atoms with Crippen molar-refractivity contribution in [3.8, 4) is 0 Å². The number of anilines is 2. The number of aromatic amines is 1. The Morgan fingerprint density at radius 3 is 1.19 bits per heavy atom. The summed E-state index contributed by atoms with van der Waals surface area (Å²) in [7, 11) is -7.72. The van der Waals surface area contributed by atoms with Gasteiger partial charge in [0.05, 0.1) is 109 Å². The fourth-order valence-corrected chi connectivity index (χ4v) is 13.7. The van der Waals surface area contributed by atoms with Crippen LogP contribution in [0.2, 0.25) is 0 Å². The molecule has 31 nitrogen and oxygen atoms in total. The predicted octanol–water partition coefficient (Wildman–Crippen LogP) is 11.7. The first-order chi connectivity index (χ1) is 53.4. The molecule has 0 aliphatic carbocycles. The maximum absolute atomic E-state index is 12.7. The van der Waals surface area contributed by atoms with E-state index in [0.29, 0.717) is 52.2 Å². The van der Waals surface area contributed by atoms with Gasteiger partial charge in [0, 0.05) is 68.8 Å². The molecule has 4 aliphatic rings. The number of benzene rings is 8. The topological polar surface area (TPSA) is 415 Å². The molecular weight excluding hydrogens is 1710 g/mol. The summed E-state index contributed by atoms with van der Waals surface area (Å²) in [4.78, 5) is 76.2. The Bertz CT molecular complexity index is 5270. The van der Waals surface area contributed by atoms with Gasteiger partial charge >= 0.3 is 5.97 Å². The number of ketones is 1. The normalized spacial score (nSPS) is 14.2. The largest absolute Gasteiger partial charge is 0.460 e. The maximum atomic E-state index is 12.7. The van der Waals surface area contributed by atoms with Gasteiger partial charge in [-0.25, -0.2) is 18.8 Å². The van der Waals surface area contributed by atoms with E-state index in [1.54, 1.807) is 174 Å². The molecule has 4 atom stereocenters. The van der Waals surface area contributed by atoms with Gasteiger partial charge in [0.15, 0.2) is 11.6 Å². The number of hydrogen-bond acceptors (Lipinski definition) is 23. The number of H-pyrrole nitrogens is 1. The minimum Gasteiger partial charge on any atom is -0.460 e. The van der Waals surface area contributed by atoms with Gasteiger partial charge in [0.25, 0.3) is 43.7 Å². The SMILES string of the molecule is C.C.C.CCOC(=O)C1=NS(=O)(=O)c2ccccc2N1.II.NCC(c1ccccc1)n1ccnn1.O=C(CCC(c1ccccc1)n1ccnn1)C1=NS(=O)(=O)c2ccccc2N1.O=C1c2ccccc2C(=O)N1CC(O)c1ccccc1.O=C1c2ccccc2C(=O)N1CC(c1ccccc1)n1ccnn1.c1cn[nH]n1. The van der Waals surface area contributed by atoms with Gasteiger partial charge in [0.2, 0.25) is 5.84 Å². The zero-order valence-electron chi connectivity index (χ0n) is 58.3. The quantitative estimate of drug-likeness (QED) is 0.0302. The lowest BCUT2D eigenvalue weighted by molar-refractivity contribution is -0.135. The molecule has 8 aromatic carbocycles. The van der Waals surface area contributed by atoms with Crippen molar-refractivity contribution >= 4 is 116 Å². The summed E-state index contributed by atoms with van der Waals surface area (Å²) in [5.74, 6) is -2.87. The third-order valence-electron chi connectivity index (χ3n) is 16.7. The highest BCUT2D eigenvalue weighted by molar-refractivity contribution is 15.0. The number of nitrogens with two attached hydrogens (primary N) is 1. The number of hydrogen-bond donors (Lipinski definition) is 5. The number of nitrogens with zero attached hydrogens (tertiary/aromatic N) is 15. The molecule has 35 heteroatoms. The van der Waals surface area contributed by atoms with E-state index in [9.17, 15) is 50.7 Å². The Morgan fingerprint density at radius 1 is 0.460 bits per heavy atom. The van der Waals surface area contributed by atoms with Crippen LogP contribution in [0.5, 0.6) is 0 Å². The van der Waals surface area contributed by atoms with E-state index in [1.165, 1.54) is 17.0 Å². The van der Waals surface area contributed by atoms with Crippen molar-refractivity contribution in [2.75, 3.05) is 36.9 Å². The van der Waals surface area contributed by atoms with Crippen molar-refractivity contribution in [1.29, 1.82) is 0 Å². The summed E-state index contributed by atoms with van der Waals surface area (Å²) in [6.07, 6.45) is 12.9. The van der Waals surface area contributed by atoms with E-state index >= 15 is 0 Å². The first-order valence-electron chi connectivity index (χ1n) is 33.6. The van der Waals surface area contributed by atoms with Gasteiger partial charge in [0.1, 0.15) is 9.79 Å². The second-order valence-electron chi connectivity index (χ2n) is 23.5. The number of amides is 4. The van der Waals surface area contributed by atoms with E-state index < -0.39 is 32.1 Å². The summed E-state index contributed by atoms with van der Waals surface area (Å²) in [5.41, 5.74) is 11.9. The third-order valence-corrected chi connectivity index (χ3v) is 19.3. The number of Topliss-reactive ketones (excluding diaryl/α,β-unsaturated/α-hetero) is 1. The highest BCUT2D eigenvalue weighted by atomic mass is 128. The molecule has 4 aromatic heterocycles. The second-order valence-corrected chi connectivity index (χ2v) is 26.7. The number of imide groups is 2. The van der Waals surface area contributed by atoms with Gasteiger partial charge in [-0.15, -0.1) is 24.1 Å². The maximum Gasteiger partial charge on any atom is 0.375 e. The molecule has 113 heavy (non-hydrogen) atoms. The molecule has 4 unspecified atom stereocenters. The Kier molecular flexibility index (Phi) is 33.5. The number of β-amino-alcohol motifs (C(OH)–C–C–N with tert-alkyl or cyclic N) is 1. The molecule has 586 valence electrons. The number of halogens is 2. The van der Waals surface area contributed by atoms with Gasteiger partial charge in [-0.2, -0.15) is 32.2 Å². The van der Waals surface area contributed by atoms with Crippen molar-refractivity contribution < 1.29 is 55.4 Å². The molecule has 6 N–H and O–H groups in total. The van der Waals surface area contributed by atoms with Gasteiger partial charge < -0.3 is 26.2 Å². The minimum absolute atomic E-state index is 0. The predicted molar refractivity (Wildman–Crippen MR) is 443 cm³/mol. The summed E-state index contributed by atoms with van der Waals surface area (Å²) in [5, 5.41) is 48.5. The van der Waals surface area contributed by atoms with Crippen molar-refractivity contribution in [1.82, 2.24) is 70.2 Å². The fourth-order valence-electron chi connectivity index (χ4n) is 11.5. The molecule has 4 amide bonds. The van der Waals surface area contributed by atoms with Crippen LogP contribution in [0.15, 0.2) is 287 Å². The molecule has 0 bridgehead atoms. The third kappa shape index (κ3) is 22.6. The minimum atomic E-state index is -3.89. The second kappa shape index (κ2) is 43.0. The molecule has 0 fully saturated rings. The van der Waals surface area contributed by atoms with Crippen LogP contribution in [0, 0.1) is 0 Å². The molecule has 0 spiro atoms. The number of fused-ring (bicyclic) bond motifs is 4. The molecule has 12 aromatic rings. The van der Waals surface area contributed by atoms with Gasteiger partial charge in [-0.05, 0) is 84.1 Å². The number of aliphatic hydroxyl groups is 1. The summed E-state index contributed by atoms with van der Waals surface area (Å²) in [6, 6.07) is 64.2. The lowest BCUT2D eigenvalue weighted by Crippen LogP contribution is -2.36. The van der Waals surface area contributed by atoms with Crippen molar-refractivity contribution in [2.24, 2.45) is 14.5 Å². The number of aliphatic hydroxyl groups excluding tert-OH is 1. The first kappa shape index (κ1) is 88.2. The summed E-state index contributed by atoms with van der Waals surface area (Å²) in [6.45, 7) is 2.48. The number of esters is 1. The van der Waals surface area contributed by atoms with E-state index in [2.05, 4.69) is 103 Å². The van der Waals surface area contributed by atoms with Crippen LogP contribution in [-0.4, -0.2) is 165 Å². The van der Waals surface area contributed by atoms with Crippen LogP contribution in [0.4, 0.5) is 11.4 Å². The number of rotatable bonds is 18. The number of para-hydroxylation sites is 2. The van der Waals surface area contributed by atoms with E-state index in [-0.39, 0.29) is 117 Å². The molecule has 0 saturated carbocycles. The van der Waals surface area contributed by atoms with Crippen LogP contribution in [0.1, 0.15) is 130 Å². The molecule has 0 saturated heterocycles. The smallest absolute Gasteiger partial charge is 0.375 e. The van der Waals surface area contributed by atoms with Crippen molar-refractivity contribution in [2.45, 2.75) is 76.1 Å². The van der Waals surface area contributed by atoms with Crippen LogP contribution < -0.4 is 16.4 Å². The highest BCUT2D eigenvalue weighted by Gasteiger charge is 2.39. The molecule has 4 aliphatic heterocycles. The summed E-state index contributed by atoms with van der Waals surface area (Å²) < 4.78 is 65.0. The number of ether oxygens (including phenoxy) is 1. The zero-order chi connectivity index (χ0) is 78.0. The summed E-state index contributed by atoms with van der Waals surface area (Å²) >= 11 is 4.24. The van der Waals surface area contributed by atoms with Crippen LogP contribution in [0.25, 0.3) is 0 Å². The Labute approximate surface area is 676 Å². The average molecular weight is 1790 g/mol. The lowest BCUT2D eigenvalue weighted by atomic mass is 10.0. The van der Waals surface area contributed by atoms with Crippen LogP contribution >= 0.6 is 37.2 Å². The molecule has 0 radical (unpaired) electrons. The number of amidine groups is 2. The van der Waals surface area contributed by atoms with Crippen molar-refractivity contribution in [3.05, 3.63) is 312 Å².